The normalized spacial score (nSPS) is 11.1. The Morgan fingerprint density at radius 2 is 1.90 bits per heavy atom. The summed E-state index contributed by atoms with van der Waals surface area (Å²) in [7, 11) is 0. The molecule has 0 radical (unpaired) electrons. The van der Waals surface area contributed by atoms with Crippen LogP contribution in [0.3, 0.4) is 0 Å². The van der Waals surface area contributed by atoms with Gasteiger partial charge in [0.2, 0.25) is 0 Å². The maximum absolute atomic E-state index is 13.4. The Kier molecular flexibility index (Phi) is 3.40. The van der Waals surface area contributed by atoms with Crippen LogP contribution in [0.1, 0.15) is 18.9 Å². The average Bonchev–Trinajstić information content (AvgIpc) is 2.76. The van der Waals surface area contributed by atoms with Crippen molar-refractivity contribution in [3.8, 4) is 5.69 Å². The summed E-state index contributed by atoms with van der Waals surface area (Å²) in [4.78, 5) is 3.10. The number of hydrogen-bond acceptors (Lipinski definition) is 1. The molecule has 2 aromatic carbocycles. The third-order valence-corrected chi connectivity index (χ3v) is 3.66. The van der Waals surface area contributed by atoms with Gasteiger partial charge >= 0.3 is 0 Å². The Labute approximate surface area is 121 Å². The maximum Gasteiger partial charge on any atom is 0.182 e. The predicted molar refractivity (Wildman–Crippen MR) is 82.4 cm³/mol. The van der Waals surface area contributed by atoms with Gasteiger partial charge in [-0.15, -0.1) is 0 Å². The second-order valence-corrected chi connectivity index (χ2v) is 5.23. The van der Waals surface area contributed by atoms with Gasteiger partial charge in [0.1, 0.15) is 5.82 Å². The van der Waals surface area contributed by atoms with Crippen LogP contribution in [0.5, 0.6) is 0 Å². The van der Waals surface area contributed by atoms with Gasteiger partial charge in [-0.05, 0) is 48.5 Å². The standard InChI is InChI=1S/C16H15FN2S/c1-2-3-11-4-7-13(8-5-11)19-15-10-12(17)6-9-14(15)18-16(19)20/h4-10H,2-3H2,1H3,(H,18,20). The molecule has 0 aliphatic heterocycles. The quantitative estimate of drug-likeness (QED) is 0.687. The predicted octanol–water partition coefficient (Wildman–Crippen LogP) is 4.78. The van der Waals surface area contributed by atoms with Gasteiger partial charge in [-0.1, -0.05) is 25.5 Å². The van der Waals surface area contributed by atoms with E-state index < -0.39 is 0 Å². The van der Waals surface area contributed by atoms with Crippen molar-refractivity contribution in [1.29, 1.82) is 0 Å². The Morgan fingerprint density at radius 1 is 1.15 bits per heavy atom. The molecule has 0 bridgehead atoms. The Bertz CT molecular complexity index is 799. The molecule has 102 valence electrons. The number of nitrogens with zero attached hydrogens (tertiary/aromatic N) is 1. The monoisotopic (exact) mass is 286 g/mol. The zero-order valence-electron chi connectivity index (χ0n) is 11.2. The van der Waals surface area contributed by atoms with Crippen LogP contribution in [0.2, 0.25) is 0 Å². The topological polar surface area (TPSA) is 20.7 Å². The molecule has 1 N–H and O–H groups in total. The van der Waals surface area contributed by atoms with Gasteiger partial charge in [-0.2, -0.15) is 0 Å². The molecule has 20 heavy (non-hydrogen) atoms. The second kappa shape index (κ2) is 5.21. The van der Waals surface area contributed by atoms with E-state index in [1.165, 1.54) is 17.7 Å². The molecule has 4 heteroatoms. The molecule has 0 saturated carbocycles. The maximum atomic E-state index is 13.4. The number of fused-ring (bicyclic) bond motifs is 1. The number of H-pyrrole nitrogens is 1. The first-order chi connectivity index (χ1) is 9.69. The molecule has 0 fully saturated rings. The van der Waals surface area contributed by atoms with E-state index in [-0.39, 0.29) is 5.82 Å². The van der Waals surface area contributed by atoms with E-state index in [4.69, 9.17) is 12.2 Å². The van der Waals surface area contributed by atoms with E-state index >= 15 is 0 Å². The van der Waals surface area contributed by atoms with E-state index in [0.717, 1.165) is 29.6 Å². The molecule has 0 spiro atoms. The Hall–Kier alpha value is -1.94. The Morgan fingerprint density at radius 3 is 2.60 bits per heavy atom. The summed E-state index contributed by atoms with van der Waals surface area (Å²) in [5, 5.41) is 0. The van der Waals surface area contributed by atoms with Crippen LogP contribution in [0.15, 0.2) is 42.5 Å². The number of aromatic amines is 1. The highest BCUT2D eigenvalue weighted by molar-refractivity contribution is 7.71. The smallest absolute Gasteiger partial charge is 0.182 e. The minimum absolute atomic E-state index is 0.261. The third kappa shape index (κ3) is 2.27. The summed E-state index contributed by atoms with van der Waals surface area (Å²) in [6.45, 7) is 2.16. The molecule has 0 saturated heterocycles. The molecule has 0 aliphatic rings. The zero-order chi connectivity index (χ0) is 14.1. The fourth-order valence-corrected chi connectivity index (χ4v) is 2.75. The fraction of sp³-hybridized carbons (Fsp3) is 0.188. The van der Waals surface area contributed by atoms with Crippen molar-refractivity contribution in [3.63, 3.8) is 0 Å². The molecule has 2 nitrogen and oxygen atoms in total. The summed E-state index contributed by atoms with van der Waals surface area (Å²) in [6.07, 6.45) is 2.19. The average molecular weight is 286 g/mol. The van der Waals surface area contributed by atoms with Gasteiger partial charge in [-0.25, -0.2) is 4.39 Å². The molecular weight excluding hydrogens is 271 g/mol. The summed E-state index contributed by atoms with van der Waals surface area (Å²) in [6, 6.07) is 12.9. The van der Waals surface area contributed by atoms with Crippen molar-refractivity contribution in [1.82, 2.24) is 9.55 Å². The minimum atomic E-state index is -0.261. The van der Waals surface area contributed by atoms with Gasteiger partial charge in [0.25, 0.3) is 0 Å². The first-order valence-electron chi connectivity index (χ1n) is 6.68. The van der Waals surface area contributed by atoms with E-state index in [9.17, 15) is 4.39 Å². The van der Waals surface area contributed by atoms with Crippen molar-refractivity contribution in [2.75, 3.05) is 0 Å². The molecule has 3 aromatic rings. The van der Waals surface area contributed by atoms with Crippen LogP contribution in [0.25, 0.3) is 16.7 Å². The van der Waals surface area contributed by atoms with Crippen LogP contribution in [-0.2, 0) is 6.42 Å². The van der Waals surface area contributed by atoms with Crippen molar-refractivity contribution < 1.29 is 4.39 Å². The fourth-order valence-electron chi connectivity index (χ4n) is 2.43. The number of rotatable bonds is 3. The molecular formula is C16H15FN2S. The second-order valence-electron chi connectivity index (χ2n) is 4.84. The minimum Gasteiger partial charge on any atom is -0.330 e. The number of nitrogens with one attached hydrogen (secondary N) is 1. The summed E-state index contributed by atoms with van der Waals surface area (Å²) in [5.74, 6) is -0.261. The Balaban J connectivity index is 2.15. The van der Waals surface area contributed by atoms with Gasteiger partial charge in [0.15, 0.2) is 4.77 Å². The molecule has 3 rings (SSSR count). The molecule has 0 unspecified atom stereocenters. The number of halogens is 1. The van der Waals surface area contributed by atoms with Crippen molar-refractivity contribution in [2.45, 2.75) is 19.8 Å². The van der Waals surface area contributed by atoms with E-state index in [2.05, 4.69) is 24.0 Å². The number of hydrogen-bond donors (Lipinski definition) is 1. The molecule has 1 heterocycles. The third-order valence-electron chi connectivity index (χ3n) is 3.38. The summed E-state index contributed by atoms with van der Waals surface area (Å²) in [5.41, 5.74) is 3.85. The SMILES string of the molecule is CCCc1ccc(-n2c(=S)[nH]c3ccc(F)cc32)cc1. The van der Waals surface area contributed by atoms with Crippen molar-refractivity contribution in [3.05, 3.63) is 58.6 Å². The van der Waals surface area contributed by atoms with Crippen LogP contribution >= 0.6 is 12.2 Å². The number of imidazole rings is 1. The molecule has 1 aromatic heterocycles. The highest BCUT2D eigenvalue weighted by Crippen LogP contribution is 2.21. The van der Waals surface area contributed by atoms with Gasteiger partial charge in [-0.3, -0.25) is 4.57 Å². The lowest BCUT2D eigenvalue weighted by molar-refractivity contribution is 0.629. The highest BCUT2D eigenvalue weighted by Gasteiger charge is 2.07. The molecule has 0 aliphatic carbocycles. The van der Waals surface area contributed by atoms with Gasteiger partial charge in [0.05, 0.1) is 11.0 Å². The lowest BCUT2D eigenvalue weighted by atomic mass is 10.1. The van der Waals surface area contributed by atoms with E-state index in [0.29, 0.717) is 4.77 Å². The highest BCUT2D eigenvalue weighted by atomic mass is 32.1. The van der Waals surface area contributed by atoms with E-state index in [1.807, 2.05) is 16.7 Å². The lowest BCUT2D eigenvalue weighted by Crippen LogP contribution is -1.95. The number of benzene rings is 2. The van der Waals surface area contributed by atoms with Crippen LogP contribution in [-0.4, -0.2) is 9.55 Å². The first-order valence-corrected chi connectivity index (χ1v) is 7.09. The van der Waals surface area contributed by atoms with Crippen molar-refractivity contribution in [2.24, 2.45) is 0 Å². The van der Waals surface area contributed by atoms with E-state index in [1.54, 1.807) is 6.07 Å². The van der Waals surface area contributed by atoms with Crippen LogP contribution < -0.4 is 0 Å². The van der Waals surface area contributed by atoms with Gasteiger partial charge in [0, 0.05) is 11.8 Å². The zero-order valence-corrected chi connectivity index (χ0v) is 12.0. The van der Waals surface area contributed by atoms with Crippen LogP contribution in [0.4, 0.5) is 4.39 Å². The van der Waals surface area contributed by atoms with Crippen LogP contribution in [0, 0.1) is 10.6 Å². The first kappa shape index (κ1) is 13.1. The van der Waals surface area contributed by atoms with Gasteiger partial charge < -0.3 is 4.98 Å². The summed E-state index contributed by atoms with van der Waals surface area (Å²) >= 11 is 5.35. The molecule has 0 amide bonds. The lowest BCUT2D eigenvalue weighted by Gasteiger charge is -2.06. The largest absolute Gasteiger partial charge is 0.330 e. The van der Waals surface area contributed by atoms with Crippen molar-refractivity contribution >= 4 is 23.3 Å². The molecule has 0 atom stereocenters. The summed E-state index contributed by atoms with van der Waals surface area (Å²) < 4.78 is 15.9. The number of aromatic nitrogens is 2. The number of aryl methyl sites for hydroxylation is 1.